The molecule has 0 bridgehead atoms. The molecule has 1 saturated carbocycles. The summed E-state index contributed by atoms with van der Waals surface area (Å²) in [7, 11) is 0. The van der Waals surface area contributed by atoms with Gasteiger partial charge in [-0.3, -0.25) is 0 Å². The predicted molar refractivity (Wildman–Crippen MR) is 67.4 cm³/mol. The zero-order valence-corrected chi connectivity index (χ0v) is 10.8. The third-order valence-corrected chi connectivity index (χ3v) is 4.38. The fourth-order valence-electron chi connectivity index (χ4n) is 3.73. The summed E-state index contributed by atoms with van der Waals surface area (Å²) < 4.78 is 0. The molecule has 3 unspecified atom stereocenters. The highest BCUT2D eigenvalue weighted by Gasteiger charge is 2.41. The maximum atomic E-state index is 10.8. The van der Waals surface area contributed by atoms with Crippen LogP contribution in [0.1, 0.15) is 58.8 Å². The van der Waals surface area contributed by atoms with Crippen LogP contribution in [0.25, 0.3) is 0 Å². The lowest BCUT2D eigenvalue weighted by Crippen LogP contribution is -2.50. The van der Waals surface area contributed by atoms with Gasteiger partial charge in [-0.15, -0.1) is 0 Å². The van der Waals surface area contributed by atoms with Crippen molar-refractivity contribution in [2.75, 3.05) is 6.54 Å². The molecule has 2 aliphatic rings. The van der Waals surface area contributed by atoms with Gasteiger partial charge in [0.05, 0.1) is 5.60 Å². The Labute approximate surface area is 99.8 Å². The van der Waals surface area contributed by atoms with Crippen LogP contribution in [-0.4, -0.2) is 23.3 Å². The van der Waals surface area contributed by atoms with Gasteiger partial charge in [0.25, 0.3) is 0 Å². The Morgan fingerprint density at radius 2 is 2.12 bits per heavy atom. The highest BCUT2D eigenvalue weighted by molar-refractivity contribution is 4.98. The molecule has 2 rings (SSSR count). The highest BCUT2D eigenvalue weighted by atomic mass is 16.3. The molecule has 16 heavy (non-hydrogen) atoms. The van der Waals surface area contributed by atoms with Crippen molar-refractivity contribution < 1.29 is 5.11 Å². The molecule has 1 aliphatic heterocycles. The summed E-state index contributed by atoms with van der Waals surface area (Å²) in [5.41, 5.74) is -0.395. The van der Waals surface area contributed by atoms with Crippen LogP contribution in [0.2, 0.25) is 0 Å². The zero-order valence-electron chi connectivity index (χ0n) is 10.8. The van der Waals surface area contributed by atoms with Crippen LogP contribution in [0.15, 0.2) is 0 Å². The SMILES string of the molecule is CC(C)CC1CCCC(O)(C2CCCN2)C1. The monoisotopic (exact) mass is 225 g/mol. The fraction of sp³-hybridized carbons (Fsp3) is 1.00. The Bertz CT molecular complexity index is 223. The van der Waals surface area contributed by atoms with Gasteiger partial charge in [-0.1, -0.05) is 26.7 Å². The molecule has 1 aliphatic carbocycles. The molecule has 2 heteroatoms. The van der Waals surface area contributed by atoms with Crippen molar-refractivity contribution in [2.24, 2.45) is 11.8 Å². The summed E-state index contributed by atoms with van der Waals surface area (Å²) in [5.74, 6) is 1.52. The van der Waals surface area contributed by atoms with Gasteiger partial charge in [0.1, 0.15) is 0 Å². The van der Waals surface area contributed by atoms with Crippen molar-refractivity contribution in [3.63, 3.8) is 0 Å². The topological polar surface area (TPSA) is 32.3 Å². The van der Waals surface area contributed by atoms with Crippen molar-refractivity contribution in [3.05, 3.63) is 0 Å². The molecular weight excluding hydrogens is 198 g/mol. The summed E-state index contributed by atoms with van der Waals surface area (Å²) in [6.07, 6.45) is 8.28. The molecule has 1 saturated heterocycles. The van der Waals surface area contributed by atoms with Gasteiger partial charge in [-0.25, -0.2) is 0 Å². The molecule has 2 fully saturated rings. The molecule has 2 N–H and O–H groups in total. The number of aliphatic hydroxyl groups is 1. The standard InChI is InChI=1S/C14H27NO/c1-11(2)9-12-5-3-7-14(16,10-12)13-6-4-8-15-13/h11-13,15-16H,3-10H2,1-2H3. The van der Waals surface area contributed by atoms with E-state index in [2.05, 4.69) is 19.2 Å². The third kappa shape index (κ3) is 2.78. The van der Waals surface area contributed by atoms with Gasteiger partial charge in [0, 0.05) is 6.04 Å². The molecule has 0 aromatic rings. The first-order valence-electron chi connectivity index (χ1n) is 7.06. The summed E-state index contributed by atoms with van der Waals surface area (Å²) in [4.78, 5) is 0. The van der Waals surface area contributed by atoms with E-state index in [1.165, 1.54) is 32.1 Å². The van der Waals surface area contributed by atoms with E-state index < -0.39 is 5.60 Å². The molecule has 94 valence electrons. The van der Waals surface area contributed by atoms with E-state index in [4.69, 9.17) is 0 Å². The summed E-state index contributed by atoms with van der Waals surface area (Å²) in [6.45, 7) is 5.69. The van der Waals surface area contributed by atoms with Gasteiger partial charge < -0.3 is 10.4 Å². The highest BCUT2D eigenvalue weighted by Crippen LogP contribution is 2.39. The number of hydrogen-bond donors (Lipinski definition) is 2. The normalized spacial score (nSPS) is 40.5. The molecule has 0 aromatic heterocycles. The van der Waals surface area contributed by atoms with Gasteiger partial charge in [-0.05, 0) is 50.5 Å². The Balaban J connectivity index is 1.93. The van der Waals surface area contributed by atoms with Crippen molar-refractivity contribution in [3.8, 4) is 0 Å². The predicted octanol–water partition coefficient (Wildman–Crippen LogP) is 2.71. The van der Waals surface area contributed by atoms with Crippen LogP contribution in [0.3, 0.4) is 0 Å². The summed E-state index contributed by atoms with van der Waals surface area (Å²) in [6, 6.07) is 0.377. The maximum Gasteiger partial charge on any atom is 0.0802 e. The Hall–Kier alpha value is -0.0800. The van der Waals surface area contributed by atoms with E-state index in [-0.39, 0.29) is 0 Å². The molecule has 0 spiro atoms. The van der Waals surface area contributed by atoms with Crippen LogP contribution in [0.4, 0.5) is 0 Å². The lowest BCUT2D eigenvalue weighted by Gasteiger charge is -2.41. The summed E-state index contributed by atoms with van der Waals surface area (Å²) in [5, 5.41) is 14.3. The minimum atomic E-state index is -0.395. The van der Waals surface area contributed by atoms with E-state index in [1.807, 2.05) is 0 Å². The number of hydrogen-bond acceptors (Lipinski definition) is 2. The largest absolute Gasteiger partial charge is 0.388 e. The second-order valence-electron chi connectivity index (χ2n) is 6.34. The average molecular weight is 225 g/mol. The molecule has 0 aromatic carbocycles. The van der Waals surface area contributed by atoms with Crippen LogP contribution in [0.5, 0.6) is 0 Å². The third-order valence-electron chi connectivity index (χ3n) is 4.38. The van der Waals surface area contributed by atoms with E-state index >= 15 is 0 Å². The van der Waals surface area contributed by atoms with Gasteiger partial charge in [-0.2, -0.15) is 0 Å². The summed E-state index contributed by atoms with van der Waals surface area (Å²) >= 11 is 0. The van der Waals surface area contributed by atoms with Crippen molar-refractivity contribution >= 4 is 0 Å². The first kappa shape index (κ1) is 12.4. The number of nitrogens with one attached hydrogen (secondary N) is 1. The van der Waals surface area contributed by atoms with Crippen LogP contribution < -0.4 is 5.32 Å². The minimum absolute atomic E-state index is 0.377. The maximum absolute atomic E-state index is 10.8. The van der Waals surface area contributed by atoms with Gasteiger partial charge >= 0.3 is 0 Å². The molecule has 3 atom stereocenters. The first-order valence-corrected chi connectivity index (χ1v) is 7.06. The Kier molecular flexibility index (Phi) is 3.91. The number of rotatable bonds is 3. The minimum Gasteiger partial charge on any atom is -0.388 e. The van der Waals surface area contributed by atoms with Crippen LogP contribution in [0, 0.1) is 11.8 Å². The van der Waals surface area contributed by atoms with Gasteiger partial charge in [0.2, 0.25) is 0 Å². The van der Waals surface area contributed by atoms with E-state index in [0.717, 1.165) is 31.2 Å². The fourth-order valence-corrected chi connectivity index (χ4v) is 3.73. The zero-order chi connectivity index (χ0) is 11.6. The Morgan fingerprint density at radius 1 is 1.31 bits per heavy atom. The smallest absolute Gasteiger partial charge is 0.0802 e. The molecule has 2 nitrogen and oxygen atoms in total. The molecule has 0 amide bonds. The second-order valence-corrected chi connectivity index (χ2v) is 6.34. The van der Waals surface area contributed by atoms with Crippen molar-refractivity contribution in [2.45, 2.75) is 70.4 Å². The van der Waals surface area contributed by atoms with E-state index in [9.17, 15) is 5.11 Å². The molecule has 1 heterocycles. The Morgan fingerprint density at radius 3 is 2.75 bits per heavy atom. The lowest BCUT2D eigenvalue weighted by atomic mass is 9.71. The average Bonchev–Trinajstić information content (AvgIpc) is 2.69. The lowest BCUT2D eigenvalue weighted by molar-refractivity contribution is -0.0453. The van der Waals surface area contributed by atoms with Crippen LogP contribution in [-0.2, 0) is 0 Å². The van der Waals surface area contributed by atoms with Crippen molar-refractivity contribution in [1.29, 1.82) is 0 Å². The van der Waals surface area contributed by atoms with E-state index in [1.54, 1.807) is 0 Å². The second kappa shape index (κ2) is 5.05. The molecule has 0 radical (unpaired) electrons. The van der Waals surface area contributed by atoms with Gasteiger partial charge in [0.15, 0.2) is 0 Å². The molecular formula is C14H27NO. The van der Waals surface area contributed by atoms with Crippen LogP contribution >= 0.6 is 0 Å². The first-order chi connectivity index (χ1) is 7.60. The van der Waals surface area contributed by atoms with Crippen molar-refractivity contribution in [1.82, 2.24) is 5.32 Å². The van der Waals surface area contributed by atoms with E-state index in [0.29, 0.717) is 6.04 Å². The quantitative estimate of drug-likeness (QED) is 0.774.